The molecule has 0 atom stereocenters. The molecule has 1 aromatic rings. The number of benzene rings is 1. The smallest absolute Gasteiger partial charge is 0.309 e. The van der Waals surface area contributed by atoms with E-state index in [1.807, 2.05) is 32.0 Å². The predicted octanol–water partition coefficient (Wildman–Crippen LogP) is 0.637. The van der Waals surface area contributed by atoms with Crippen molar-refractivity contribution in [1.29, 1.82) is 0 Å². The summed E-state index contributed by atoms with van der Waals surface area (Å²) < 4.78 is 11.0. The van der Waals surface area contributed by atoms with Gasteiger partial charge in [-0.1, -0.05) is 18.2 Å². The second-order valence-corrected chi connectivity index (χ2v) is 6.39. The quantitative estimate of drug-likeness (QED) is 0.523. The summed E-state index contributed by atoms with van der Waals surface area (Å²) in [4.78, 5) is 25.8. The van der Waals surface area contributed by atoms with E-state index in [2.05, 4.69) is 15.5 Å². The topological polar surface area (TPSA) is 79.9 Å². The molecule has 2 rings (SSSR count). The lowest BCUT2D eigenvalue weighted by molar-refractivity contribution is -0.139. The maximum atomic E-state index is 11.8. The largest absolute Gasteiger partial charge is 0.491 e. The van der Waals surface area contributed by atoms with Crippen molar-refractivity contribution in [3.63, 3.8) is 0 Å². The van der Waals surface area contributed by atoms with E-state index in [1.54, 1.807) is 0 Å². The Hall–Kier alpha value is -2.12. The number of carbonyl (C=O) groups is 2. The van der Waals surface area contributed by atoms with Crippen molar-refractivity contribution in [1.82, 2.24) is 15.5 Å². The molecule has 1 fully saturated rings. The first-order chi connectivity index (χ1) is 12.6. The van der Waals surface area contributed by atoms with Gasteiger partial charge in [-0.05, 0) is 37.9 Å². The van der Waals surface area contributed by atoms with E-state index in [1.165, 1.54) is 0 Å². The van der Waals surface area contributed by atoms with Gasteiger partial charge in [-0.3, -0.25) is 14.5 Å². The molecule has 144 valence electrons. The average Bonchev–Trinajstić information content (AvgIpc) is 2.64. The van der Waals surface area contributed by atoms with E-state index in [4.69, 9.17) is 9.47 Å². The second-order valence-electron chi connectivity index (χ2n) is 6.39. The number of hydrogen-bond donors (Lipinski definition) is 2. The zero-order valence-electron chi connectivity index (χ0n) is 15.7. The Labute approximate surface area is 155 Å². The molecule has 0 radical (unpaired) electrons. The van der Waals surface area contributed by atoms with E-state index in [0.717, 1.165) is 56.1 Å². The SMILES string of the molecule is Cc1cccc(C)c1OCCNC(=O)C(=O)NCCCN1CCOCC1. The lowest BCUT2D eigenvalue weighted by Gasteiger charge is -2.26. The third kappa shape index (κ3) is 6.65. The maximum absolute atomic E-state index is 11.8. The van der Waals surface area contributed by atoms with Crippen LogP contribution in [0.3, 0.4) is 0 Å². The fraction of sp³-hybridized carbons (Fsp3) is 0.579. The van der Waals surface area contributed by atoms with Crippen LogP contribution in [-0.4, -0.2) is 69.3 Å². The van der Waals surface area contributed by atoms with Crippen LogP contribution in [0.5, 0.6) is 5.75 Å². The maximum Gasteiger partial charge on any atom is 0.309 e. The molecule has 1 heterocycles. The van der Waals surface area contributed by atoms with Crippen LogP contribution in [0.1, 0.15) is 17.5 Å². The summed E-state index contributed by atoms with van der Waals surface area (Å²) in [6, 6.07) is 5.93. The third-order valence-corrected chi connectivity index (χ3v) is 4.29. The van der Waals surface area contributed by atoms with Crippen LogP contribution in [0.25, 0.3) is 0 Å². The van der Waals surface area contributed by atoms with E-state index < -0.39 is 11.8 Å². The summed E-state index contributed by atoms with van der Waals surface area (Å²) in [6.07, 6.45) is 0.814. The molecule has 0 bridgehead atoms. The van der Waals surface area contributed by atoms with Crippen LogP contribution in [0.15, 0.2) is 18.2 Å². The number of para-hydroxylation sites is 1. The number of ether oxygens (including phenoxy) is 2. The van der Waals surface area contributed by atoms with Crippen LogP contribution in [0, 0.1) is 13.8 Å². The van der Waals surface area contributed by atoms with Gasteiger partial charge < -0.3 is 20.1 Å². The zero-order valence-corrected chi connectivity index (χ0v) is 15.7. The summed E-state index contributed by atoms with van der Waals surface area (Å²) in [6.45, 7) is 9.32. The van der Waals surface area contributed by atoms with E-state index in [-0.39, 0.29) is 6.54 Å². The van der Waals surface area contributed by atoms with Crippen molar-refractivity contribution in [3.8, 4) is 5.75 Å². The summed E-state index contributed by atoms with van der Waals surface area (Å²) in [5.41, 5.74) is 2.10. The molecule has 0 spiro atoms. The van der Waals surface area contributed by atoms with Crippen molar-refractivity contribution >= 4 is 11.8 Å². The Morgan fingerprint density at radius 1 is 1.08 bits per heavy atom. The summed E-state index contributed by atoms with van der Waals surface area (Å²) in [5, 5.41) is 5.23. The highest BCUT2D eigenvalue weighted by Crippen LogP contribution is 2.21. The number of morpholine rings is 1. The van der Waals surface area contributed by atoms with Gasteiger partial charge in [0, 0.05) is 19.6 Å². The molecule has 1 saturated heterocycles. The fourth-order valence-electron chi connectivity index (χ4n) is 2.83. The summed E-state index contributed by atoms with van der Waals surface area (Å²) in [7, 11) is 0. The molecule has 0 unspecified atom stereocenters. The standard InChI is InChI=1S/C19H29N3O4/c1-15-5-3-6-16(2)17(15)26-12-8-21-19(24)18(23)20-7-4-9-22-10-13-25-14-11-22/h3,5-6H,4,7-14H2,1-2H3,(H,20,23)(H,21,24). The van der Waals surface area contributed by atoms with Gasteiger partial charge in [0.15, 0.2) is 0 Å². The number of rotatable bonds is 8. The van der Waals surface area contributed by atoms with Gasteiger partial charge in [0.25, 0.3) is 0 Å². The zero-order chi connectivity index (χ0) is 18.8. The van der Waals surface area contributed by atoms with Crippen LogP contribution >= 0.6 is 0 Å². The minimum atomic E-state index is -0.624. The van der Waals surface area contributed by atoms with Gasteiger partial charge in [0.05, 0.1) is 19.8 Å². The Morgan fingerprint density at radius 2 is 1.69 bits per heavy atom. The first kappa shape index (κ1) is 20.2. The van der Waals surface area contributed by atoms with Gasteiger partial charge in [-0.25, -0.2) is 0 Å². The molecule has 2 N–H and O–H groups in total. The summed E-state index contributed by atoms with van der Waals surface area (Å²) >= 11 is 0. The normalized spacial score (nSPS) is 14.7. The van der Waals surface area contributed by atoms with Gasteiger partial charge in [-0.2, -0.15) is 0 Å². The molecule has 0 aromatic heterocycles. The first-order valence-corrected chi connectivity index (χ1v) is 9.13. The molecule has 2 amide bonds. The Morgan fingerprint density at radius 3 is 2.35 bits per heavy atom. The Balaban J connectivity index is 1.56. The second kappa shape index (κ2) is 10.8. The highest BCUT2D eigenvalue weighted by atomic mass is 16.5. The van der Waals surface area contributed by atoms with Crippen LogP contribution in [0.2, 0.25) is 0 Å². The number of carbonyl (C=O) groups excluding carboxylic acids is 2. The minimum absolute atomic E-state index is 0.286. The number of nitrogens with one attached hydrogen (secondary N) is 2. The molecule has 26 heavy (non-hydrogen) atoms. The molecule has 1 aliphatic rings. The molecule has 1 aliphatic heterocycles. The lowest BCUT2D eigenvalue weighted by Crippen LogP contribution is -2.42. The van der Waals surface area contributed by atoms with E-state index in [9.17, 15) is 9.59 Å². The van der Waals surface area contributed by atoms with Crippen molar-refractivity contribution < 1.29 is 19.1 Å². The number of amides is 2. The number of aryl methyl sites for hydroxylation is 2. The Bertz CT molecular complexity index is 580. The van der Waals surface area contributed by atoms with E-state index >= 15 is 0 Å². The lowest BCUT2D eigenvalue weighted by atomic mass is 10.1. The molecule has 0 aliphatic carbocycles. The van der Waals surface area contributed by atoms with Crippen LogP contribution in [0.4, 0.5) is 0 Å². The number of nitrogens with zero attached hydrogens (tertiary/aromatic N) is 1. The minimum Gasteiger partial charge on any atom is -0.491 e. The highest BCUT2D eigenvalue weighted by molar-refractivity contribution is 6.35. The molecule has 0 saturated carbocycles. The molecule has 1 aromatic carbocycles. The molecular formula is C19H29N3O4. The monoisotopic (exact) mass is 363 g/mol. The van der Waals surface area contributed by atoms with Crippen molar-refractivity contribution in [3.05, 3.63) is 29.3 Å². The van der Waals surface area contributed by atoms with Crippen LogP contribution in [-0.2, 0) is 14.3 Å². The average molecular weight is 363 g/mol. The molecular weight excluding hydrogens is 334 g/mol. The molecule has 7 nitrogen and oxygen atoms in total. The predicted molar refractivity (Wildman–Crippen MR) is 99.3 cm³/mol. The fourth-order valence-corrected chi connectivity index (χ4v) is 2.83. The van der Waals surface area contributed by atoms with Crippen molar-refractivity contribution in [2.75, 3.05) is 52.5 Å². The summed E-state index contributed by atoms with van der Waals surface area (Å²) in [5.74, 6) is -0.394. The van der Waals surface area contributed by atoms with Gasteiger partial charge >= 0.3 is 11.8 Å². The van der Waals surface area contributed by atoms with Gasteiger partial charge in [-0.15, -0.1) is 0 Å². The van der Waals surface area contributed by atoms with Gasteiger partial charge in [0.1, 0.15) is 12.4 Å². The first-order valence-electron chi connectivity index (χ1n) is 9.13. The van der Waals surface area contributed by atoms with Gasteiger partial charge in [0.2, 0.25) is 0 Å². The van der Waals surface area contributed by atoms with Crippen LogP contribution < -0.4 is 15.4 Å². The highest BCUT2D eigenvalue weighted by Gasteiger charge is 2.13. The third-order valence-electron chi connectivity index (χ3n) is 4.29. The number of hydrogen-bond acceptors (Lipinski definition) is 5. The molecule has 7 heteroatoms. The Kier molecular flexibility index (Phi) is 8.37. The van der Waals surface area contributed by atoms with Crippen molar-refractivity contribution in [2.24, 2.45) is 0 Å². The van der Waals surface area contributed by atoms with Crippen molar-refractivity contribution in [2.45, 2.75) is 20.3 Å². The van der Waals surface area contributed by atoms with E-state index in [0.29, 0.717) is 13.2 Å².